The van der Waals surface area contributed by atoms with Gasteiger partial charge in [0, 0.05) is 81.7 Å². The lowest BCUT2D eigenvalue weighted by Crippen LogP contribution is -2.64. The van der Waals surface area contributed by atoms with Crippen molar-refractivity contribution in [2.75, 3.05) is 52.9 Å². The number of amides is 3. The van der Waals surface area contributed by atoms with Gasteiger partial charge < -0.3 is 29.5 Å². The first kappa shape index (κ1) is 33.8. The smallest absolute Gasteiger partial charge is 0.410 e. The van der Waals surface area contributed by atoms with Crippen LogP contribution in [0.25, 0.3) is 0 Å². The summed E-state index contributed by atoms with van der Waals surface area (Å²) in [4.78, 5) is 48.3. The van der Waals surface area contributed by atoms with E-state index in [1.165, 1.54) is 7.11 Å². The lowest BCUT2D eigenvalue weighted by atomic mass is 9.74. The van der Waals surface area contributed by atoms with E-state index in [-0.39, 0.29) is 47.4 Å². The van der Waals surface area contributed by atoms with Gasteiger partial charge in [0.25, 0.3) is 0 Å². The minimum Gasteiger partial charge on any atom is -0.453 e. The molecule has 1 spiro atoms. The third-order valence-corrected chi connectivity index (χ3v) is 13.4. The number of fused-ring (bicyclic) bond motifs is 2. The van der Waals surface area contributed by atoms with Crippen LogP contribution in [0.5, 0.6) is 0 Å². The molecule has 6 aliphatic heterocycles. The molecule has 4 unspecified atom stereocenters. The molecule has 1 N–H and O–H groups in total. The third-order valence-electron chi connectivity index (χ3n) is 13.4. The standard InChI is InChI=1S/C36H61N5O5/c1-6-7-8-28-24-39(23-27-21-29-9-10-30(22-27)41(29)34(44)45-5)33(43)46-36(28)14-19-40(20-15-36)35(4)12-17-38(18-13-35)32(42)31-25(2)11-16-37-26(31)3/h25-31,37H,6-24H2,1-5H3/t25?,26?,27?,28-,29-,30+,31?/m0/s1. The number of hydrogen-bond acceptors (Lipinski definition) is 7. The molecule has 46 heavy (non-hydrogen) atoms. The predicted octanol–water partition coefficient (Wildman–Crippen LogP) is 5.10. The lowest BCUT2D eigenvalue weighted by Gasteiger charge is -2.55. The number of carbonyl (C=O) groups is 3. The molecule has 6 heterocycles. The zero-order chi connectivity index (χ0) is 32.6. The molecular weight excluding hydrogens is 582 g/mol. The minimum atomic E-state index is -0.375. The van der Waals surface area contributed by atoms with Gasteiger partial charge in [-0.1, -0.05) is 26.7 Å². The largest absolute Gasteiger partial charge is 0.453 e. The second-order valence-corrected chi connectivity index (χ2v) is 16.1. The van der Waals surface area contributed by atoms with E-state index in [2.05, 4.69) is 42.8 Å². The molecule has 6 rings (SSSR count). The first-order chi connectivity index (χ1) is 22.1. The Labute approximate surface area is 277 Å². The first-order valence-electron chi connectivity index (χ1n) is 18.7. The van der Waals surface area contributed by atoms with Crippen LogP contribution in [0.3, 0.4) is 0 Å². The molecule has 10 nitrogen and oxygen atoms in total. The van der Waals surface area contributed by atoms with E-state index in [4.69, 9.17) is 9.47 Å². The fourth-order valence-electron chi connectivity index (χ4n) is 10.4. The van der Waals surface area contributed by atoms with E-state index in [0.29, 0.717) is 23.7 Å². The Morgan fingerprint density at radius 3 is 2.28 bits per heavy atom. The topological polar surface area (TPSA) is 94.7 Å². The number of methoxy groups -OCH3 is 1. The van der Waals surface area contributed by atoms with Gasteiger partial charge in [0.05, 0.1) is 13.0 Å². The van der Waals surface area contributed by atoms with Gasteiger partial charge in [-0.2, -0.15) is 0 Å². The van der Waals surface area contributed by atoms with Gasteiger partial charge in [0.15, 0.2) is 0 Å². The molecule has 0 aromatic carbocycles. The number of likely N-dealkylation sites (tertiary alicyclic amines) is 2. The summed E-state index contributed by atoms with van der Waals surface area (Å²) >= 11 is 0. The van der Waals surface area contributed by atoms with Crippen molar-refractivity contribution >= 4 is 18.1 Å². The maximum atomic E-state index is 13.6. The maximum Gasteiger partial charge on any atom is 0.410 e. The molecule has 0 aliphatic carbocycles. The number of ether oxygens (including phenoxy) is 2. The number of hydrogen-bond donors (Lipinski definition) is 1. The van der Waals surface area contributed by atoms with Gasteiger partial charge >= 0.3 is 12.2 Å². The van der Waals surface area contributed by atoms with Gasteiger partial charge in [-0.05, 0) is 83.6 Å². The second kappa shape index (κ2) is 13.8. The van der Waals surface area contributed by atoms with Gasteiger partial charge in [0.2, 0.25) is 5.91 Å². The van der Waals surface area contributed by atoms with Crippen LogP contribution in [0, 0.1) is 23.7 Å². The number of rotatable bonds is 7. The molecule has 260 valence electrons. The van der Waals surface area contributed by atoms with Crippen LogP contribution in [-0.4, -0.2) is 120 Å². The van der Waals surface area contributed by atoms with Crippen molar-refractivity contribution in [3.8, 4) is 0 Å². The molecule has 6 saturated heterocycles. The average Bonchev–Trinajstić information content (AvgIpc) is 3.31. The highest BCUT2D eigenvalue weighted by atomic mass is 16.6. The van der Waals surface area contributed by atoms with E-state index in [1.54, 1.807) is 0 Å². The molecule has 0 aromatic heterocycles. The molecule has 0 saturated carbocycles. The zero-order valence-electron chi connectivity index (χ0n) is 29.3. The summed E-state index contributed by atoms with van der Waals surface area (Å²) in [6, 6.07) is 0.699. The highest BCUT2D eigenvalue weighted by Gasteiger charge is 2.53. The van der Waals surface area contributed by atoms with Crippen LogP contribution in [0.4, 0.5) is 9.59 Å². The summed E-state index contributed by atoms with van der Waals surface area (Å²) in [7, 11) is 1.47. The van der Waals surface area contributed by atoms with Crippen molar-refractivity contribution in [2.45, 2.75) is 134 Å². The quantitative estimate of drug-likeness (QED) is 0.413. The zero-order valence-corrected chi connectivity index (χ0v) is 29.3. The SMILES string of the molecule is CCCC[C@H]1CN(CC2C[C@H]3CC[C@@H](C2)N3C(=O)OC)C(=O)OC12CCN(C1(C)CCN(C(=O)C3C(C)CCNC3C)CC1)CC2. The fraction of sp³-hybridized carbons (Fsp3) is 0.917. The van der Waals surface area contributed by atoms with Crippen molar-refractivity contribution in [1.82, 2.24) is 24.9 Å². The number of carbonyl (C=O) groups excluding carboxylic acids is 3. The molecule has 3 amide bonds. The molecular formula is C36H61N5O5. The molecule has 6 fully saturated rings. The third kappa shape index (κ3) is 6.50. The Morgan fingerprint density at radius 2 is 1.67 bits per heavy atom. The first-order valence-corrected chi connectivity index (χ1v) is 18.7. The van der Waals surface area contributed by atoms with Crippen LogP contribution in [0.2, 0.25) is 0 Å². The van der Waals surface area contributed by atoms with Gasteiger partial charge in [-0.25, -0.2) is 9.59 Å². The van der Waals surface area contributed by atoms with Crippen LogP contribution >= 0.6 is 0 Å². The van der Waals surface area contributed by atoms with Crippen molar-refractivity contribution in [3.63, 3.8) is 0 Å². The highest BCUT2D eigenvalue weighted by molar-refractivity contribution is 5.80. The van der Waals surface area contributed by atoms with Crippen LogP contribution < -0.4 is 5.32 Å². The molecule has 10 heteroatoms. The Bertz CT molecular complexity index is 1080. The van der Waals surface area contributed by atoms with Crippen molar-refractivity contribution in [2.24, 2.45) is 23.7 Å². The normalized spacial score (nSPS) is 36.1. The molecule has 7 atom stereocenters. The summed E-state index contributed by atoms with van der Waals surface area (Å²) in [6.07, 6.45) is 11.8. The van der Waals surface area contributed by atoms with Gasteiger partial charge in [0.1, 0.15) is 5.60 Å². The van der Waals surface area contributed by atoms with Crippen molar-refractivity contribution in [3.05, 3.63) is 0 Å². The number of unbranched alkanes of at least 4 members (excludes halogenated alkanes) is 1. The highest BCUT2D eigenvalue weighted by Crippen LogP contribution is 2.45. The fourth-order valence-corrected chi connectivity index (χ4v) is 10.4. The summed E-state index contributed by atoms with van der Waals surface area (Å²) in [5.41, 5.74) is -0.303. The molecule has 6 aliphatic rings. The van der Waals surface area contributed by atoms with E-state index in [9.17, 15) is 14.4 Å². The van der Waals surface area contributed by atoms with Crippen LogP contribution in [-0.2, 0) is 14.3 Å². The van der Waals surface area contributed by atoms with E-state index >= 15 is 0 Å². The van der Waals surface area contributed by atoms with E-state index in [0.717, 1.165) is 123 Å². The average molecular weight is 644 g/mol. The van der Waals surface area contributed by atoms with E-state index in [1.807, 2.05) is 9.80 Å². The number of piperidine rings is 4. The second-order valence-electron chi connectivity index (χ2n) is 16.1. The lowest BCUT2D eigenvalue weighted by molar-refractivity contribution is -0.145. The van der Waals surface area contributed by atoms with E-state index < -0.39 is 0 Å². The Hall–Kier alpha value is -2.07. The monoisotopic (exact) mass is 643 g/mol. The Kier molecular flexibility index (Phi) is 10.2. The summed E-state index contributed by atoms with van der Waals surface area (Å²) in [5, 5.41) is 3.52. The minimum absolute atomic E-state index is 0.0719. The van der Waals surface area contributed by atoms with Crippen molar-refractivity contribution in [1.29, 1.82) is 0 Å². The predicted molar refractivity (Wildman–Crippen MR) is 177 cm³/mol. The maximum absolute atomic E-state index is 13.6. The molecule has 0 radical (unpaired) electrons. The van der Waals surface area contributed by atoms with Gasteiger partial charge in [-0.15, -0.1) is 0 Å². The Balaban J connectivity index is 1.04. The molecule has 2 bridgehead atoms. The summed E-state index contributed by atoms with van der Waals surface area (Å²) in [5.74, 6) is 1.59. The summed E-state index contributed by atoms with van der Waals surface area (Å²) in [6.45, 7) is 15.1. The molecule has 0 aromatic rings. The van der Waals surface area contributed by atoms with Crippen LogP contribution in [0.15, 0.2) is 0 Å². The van der Waals surface area contributed by atoms with Crippen LogP contribution in [0.1, 0.15) is 105 Å². The number of nitrogens with zero attached hydrogens (tertiary/aromatic N) is 4. The van der Waals surface area contributed by atoms with Crippen molar-refractivity contribution < 1.29 is 23.9 Å². The van der Waals surface area contributed by atoms with Gasteiger partial charge in [-0.3, -0.25) is 9.69 Å². The number of nitrogens with one attached hydrogen (secondary N) is 1. The Morgan fingerprint density at radius 1 is 1.00 bits per heavy atom. The summed E-state index contributed by atoms with van der Waals surface area (Å²) < 4.78 is 11.6.